The zero-order chi connectivity index (χ0) is 20.5. The summed E-state index contributed by atoms with van der Waals surface area (Å²) in [6.45, 7) is 0.168. The zero-order valence-corrected chi connectivity index (χ0v) is 15.2. The molecule has 11 heteroatoms. The maximum absolute atomic E-state index is 11.6. The number of hydrogen-bond donors (Lipinski definition) is 7. The lowest BCUT2D eigenvalue weighted by molar-refractivity contribution is -0.296. The average molecular weight is 395 g/mol. The highest BCUT2D eigenvalue weighted by Gasteiger charge is 2.51. The highest BCUT2D eigenvalue weighted by Crippen LogP contribution is 2.32. The van der Waals surface area contributed by atoms with Crippen LogP contribution >= 0.6 is 0 Å². The number of carbonyl (C=O) groups is 1. The minimum absolute atomic E-state index is 0.0208. The Morgan fingerprint density at radius 1 is 1.04 bits per heavy atom. The van der Waals surface area contributed by atoms with Crippen molar-refractivity contribution >= 4 is 5.91 Å². The molecule has 2 rings (SSSR count). The van der Waals surface area contributed by atoms with Crippen LogP contribution in [0, 0.1) is 5.92 Å². The van der Waals surface area contributed by atoms with Crippen LogP contribution < -0.4 is 0 Å². The number of likely N-dealkylation sites (N-methyl/N-ethyl adjacent to an activating group) is 1. The second kappa shape index (κ2) is 9.07. The summed E-state index contributed by atoms with van der Waals surface area (Å²) in [7, 11) is 1.36. The Hall–Kier alpha value is -0.890. The quantitative estimate of drug-likeness (QED) is 0.241. The van der Waals surface area contributed by atoms with Gasteiger partial charge < -0.3 is 50.1 Å². The summed E-state index contributed by atoms with van der Waals surface area (Å²) >= 11 is 0. The molecule has 0 spiro atoms. The predicted octanol–water partition coefficient (Wildman–Crippen LogP) is -4.25. The third-order valence-corrected chi connectivity index (χ3v) is 5.45. The van der Waals surface area contributed by atoms with Gasteiger partial charge in [-0.15, -0.1) is 0 Å². The molecule has 10 atom stereocenters. The topological polar surface area (TPSA) is 180 Å². The Kier molecular flexibility index (Phi) is 7.53. The van der Waals surface area contributed by atoms with Crippen LogP contribution in [0.2, 0.25) is 0 Å². The van der Waals surface area contributed by atoms with Gasteiger partial charge in [-0.1, -0.05) is 0 Å². The van der Waals surface area contributed by atoms with E-state index >= 15 is 0 Å². The van der Waals surface area contributed by atoms with E-state index in [2.05, 4.69) is 0 Å². The normalized spacial score (nSPS) is 45.5. The van der Waals surface area contributed by atoms with E-state index in [4.69, 9.17) is 9.47 Å². The van der Waals surface area contributed by atoms with E-state index in [0.29, 0.717) is 0 Å². The van der Waals surface area contributed by atoms with Gasteiger partial charge in [-0.3, -0.25) is 4.79 Å². The maximum atomic E-state index is 11.6. The molecule has 11 nitrogen and oxygen atoms in total. The van der Waals surface area contributed by atoms with Crippen LogP contribution in [-0.4, -0.2) is 122 Å². The van der Waals surface area contributed by atoms with Crippen LogP contribution in [-0.2, 0) is 14.3 Å². The van der Waals surface area contributed by atoms with Gasteiger partial charge in [0, 0.05) is 26.5 Å². The molecule has 1 saturated carbocycles. The van der Waals surface area contributed by atoms with Gasteiger partial charge in [-0.25, -0.2) is 0 Å². The van der Waals surface area contributed by atoms with Crippen molar-refractivity contribution in [2.45, 2.75) is 68.4 Å². The molecule has 2 fully saturated rings. The van der Waals surface area contributed by atoms with Crippen molar-refractivity contribution < 1.29 is 50.0 Å². The number of nitrogens with zero attached hydrogens (tertiary/aromatic N) is 1. The first-order chi connectivity index (χ1) is 12.6. The van der Waals surface area contributed by atoms with Crippen LogP contribution in [0.4, 0.5) is 0 Å². The number of carbonyl (C=O) groups excluding carboxylic acids is 1. The van der Waals surface area contributed by atoms with Gasteiger partial charge in [0.25, 0.3) is 0 Å². The molecule has 1 aliphatic heterocycles. The molecule has 2 aliphatic rings. The Bertz CT molecular complexity index is 506. The summed E-state index contributed by atoms with van der Waals surface area (Å²) in [4.78, 5) is 12.7. The first-order valence-corrected chi connectivity index (χ1v) is 8.80. The maximum Gasteiger partial charge on any atom is 0.219 e. The van der Waals surface area contributed by atoms with Crippen LogP contribution in [0.1, 0.15) is 13.3 Å². The fourth-order valence-electron chi connectivity index (χ4n) is 3.66. The molecular weight excluding hydrogens is 366 g/mol. The van der Waals surface area contributed by atoms with Crippen molar-refractivity contribution in [2.24, 2.45) is 5.92 Å². The standard InChI is InChI=1S/C16H29NO10/c1-6(20)17(2)10-13(23)15(9(5-19)27-16(10)25)26-8-3-7(4-18)11(21)14(24)12(8)22/h7-16,18-19,21-25H,3-5H2,1-2H3/t7-,8-,9-,10-,11+,12+,13-,14+,15-,16-/m1/s1. The second-order valence-electron chi connectivity index (χ2n) is 7.15. The van der Waals surface area contributed by atoms with Gasteiger partial charge >= 0.3 is 0 Å². The van der Waals surface area contributed by atoms with Crippen molar-refractivity contribution in [3.63, 3.8) is 0 Å². The Morgan fingerprint density at radius 3 is 2.19 bits per heavy atom. The Labute approximate surface area is 156 Å². The smallest absolute Gasteiger partial charge is 0.219 e. The van der Waals surface area contributed by atoms with E-state index in [1.165, 1.54) is 14.0 Å². The monoisotopic (exact) mass is 395 g/mol. The number of aliphatic hydroxyl groups is 7. The molecule has 1 aliphatic carbocycles. The summed E-state index contributed by atoms with van der Waals surface area (Å²) in [5, 5.41) is 69.7. The Morgan fingerprint density at radius 2 is 1.67 bits per heavy atom. The second-order valence-corrected chi connectivity index (χ2v) is 7.15. The van der Waals surface area contributed by atoms with Crippen molar-refractivity contribution in [3.05, 3.63) is 0 Å². The van der Waals surface area contributed by atoms with Crippen molar-refractivity contribution in [1.82, 2.24) is 4.90 Å². The van der Waals surface area contributed by atoms with Crippen LogP contribution in [0.15, 0.2) is 0 Å². The van der Waals surface area contributed by atoms with Crippen LogP contribution in [0.3, 0.4) is 0 Å². The van der Waals surface area contributed by atoms with E-state index in [9.17, 15) is 40.5 Å². The molecule has 158 valence electrons. The molecule has 0 aromatic heterocycles. The van der Waals surface area contributed by atoms with E-state index in [-0.39, 0.29) is 6.42 Å². The van der Waals surface area contributed by atoms with Crippen LogP contribution in [0.25, 0.3) is 0 Å². The third kappa shape index (κ3) is 4.42. The summed E-state index contributed by atoms with van der Waals surface area (Å²) in [5.74, 6) is -1.21. The minimum atomic E-state index is -1.57. The molecule has 1 heterocycles. The van der Waals surface area contributed by atoms with E-state index < -0.39 is 80.1 Å². The first-order valence-electron chi connectivity index (χ1n) is 8.80. The number of hydrogen-bond acceptors (Lipinski definition) is 10. The highest BCUT2D eigenvalue weighted by molar-refractivity contribution is 5.73. The molecule has 0 unspecified atom stereocenters. The van der Waals surface area contributed by atoms with Crippen molar-refractivity contribution in [3.8, 4) is 0 Å². The average Bonchev–Trinajstić information content (AvgIpc) is 2.63. The molecule has 0 radical (unpaired) electrons. The minimum Gasteiger partial charge on any atom is -0.396 e. The van der Waals surface area contributed by atoms with Gasteiger partial charge in [0.1, 0.15) is 36.6 Å². The molecule has 1 amide bonds. The highest BCUT2D eigenvalue weighted by atomic mass is 16.6. The lowest BCUT2D eigenvalue weighted by Gasteiger charge is -2.48. The van der Waals surface area contributed by atoms with E-state index in [1.54, 1.807) is 0 Å². The van der Waals surface area contributed by atoms with Gasteiger partial charge in [-0.2, -0.15) is 0 Å². The molecule has 7 N–H and O–H groups in total. The number of aliphatic hydroxyl groups excluding tert-OH is 7. The summed E-state index contributed by atoms with van der Waals surface area (Å²) in [6.07, 6.45) is -11.0. The zero-order valence-electron chi connectivity index (χ0n) is 15.2. The summed E-state index contributed by atoms with van der Waals surface area (Å²) < 4.78 is 11.0. The number of rotatable bonds is 5. The molecule has 0 aromatic carbocycles. The first kappa shape index (κ1) is 22.4. The number of ether oxygens (including phenoxy) is 2. The van der Waals surface area contributed by atoms with Gasteiger partial charge in [0.05, 0.1) is 18.8 Å². The van der Waals surface area contributed by atoms with Crippen molar-refractivity contribution in [1.29, 1.82) is 0 Å². The molecule has 27 heavy (non-hydrogen) atoms. The lowest BCUT2D eigenvalue weighted by atomic mass is 9.81. The Balaban J connectivity index is 2.21. The molecule has 0 bridgehead atoms. The van der Waals surface area contributed by atoms with Crippen molar-refractivity contribution in [2.75, 3.05) is 20.3 Å². The SMILES string of the molecule is CC(=O)N(C)[C@@H]1[C@@H](O)[C@H](O[C@@H]2C[C@H](CO)[C@H](O)[C@H](O)[C@H]2O)[C@@H](CO)O[C@H]1O. The third-order valence-electron chi connectivity index (χ3n) is 5.45. The van der Waals surface area contributed by atoms with E-state index in [0.717, 1.165) is 4.90 Å². The predicted molar refractivity (Wildman–Crippen MR) is 88.1 cm³/mol. The molecule has 1 saturated heterocycles. The van der Waals surface area contributed by atoms with Gasteiger partial charge in [-0.05, 0) is 6.42 Å². The largest absolute Gasteiger partial charge is 0.396 e. The molecule has 0 aromatic rings. The number of amides is 1. The fourth-order valence-corrected chi connectivity index (χ4v) is 3.66. The lowest BCUT2D eigenvalue weighted by Crippen LogP contribution is -2.66. The van der Waals surface area contributed by atoms with Gasteiger partial charge in [0.2, 0.25) is 5.91 Å². The van der Waals surface area contributed by atoms with Gasteiger partial charge in [0.15, 0.2) is 6.29 Å². The fraction of sp³-hybridized carbons (Fsp3) is 0.938. The summed E-state index contributed by atoms with van der Waals surface area (Å²) in [6, 6.07) is -1.18. The van der Waals surface area contributed by atoms with Crippen LogP contribution in [0.5, 0.6) is 0 Å². The molecular formula is C16H29NO10. The van der Waals surface area contributed by atoms with E-state index in [1.807, 2.05) is 0 Å². The summed E-state index contributed by atoms with van der Waals surface area (Å²) in [5.41, 5.74) is 0.